The van der Waals surface area contributed by atoms with E-state index in [0.717, 1.165) is 6.08 Å². The van der Waals surface area contributed by atoms with Crippen molar-refractivity contribution in [2.75, 3.05) is 0 Å². The van der Waals surface area contributed by atoms with Crippen molar-refractivity contribution in [3.8, 4) is 0 Å². The van der Waals surface area contributed by atoms with Crippen LogP contribution < -0.4 is 0 Å². The maximum Gasteiger partial charge on any atom is 0.178 e. The lowest BCUT2D eigenvalue weighted by Crippen LogP contribution is -1.66. The number of hydrogen-bond acceptors (Lipinski definition) is 1. The van der Waals surface area contributed by atoms with Gasteiger partial charge in [0.25, 0.3) is 0 Å². The third kappa shape index (κ3) is 1.64. The summed E-state index contributed by atoms with van der Waals surface area (Å²) in [6.45, 7) is 1.46. The van der Waals surface area contributed by atoms with E-state index in [9.17, 15) is 9.18 Å². The number of halogens is 1. The molecule has 0 radical (unpaired) electrons. The molecule has 0 spiro atoms. The minimum atomic E-state index is -0.713. The predicted molar refractivity (Wildman–Crippen MR) is 20.9 cm³/mol. The van der Waals surface area contributed by atoms with E-state index < -0.39 is 5.83 Å². The number of rotatable bonds is 1. The van der Waals surface area contributed by atoms with E-state index in [1.807, 2.05) is 0 Å². The second-order valence-electron chi connectivity index (χ2n) is 0.791. The molecule has 0 fully saturated rings. The Morgan fingerprint density at radius 3 is 2.33 bits per heavy atom. The van der Waals surface area contributed by atoms with Gasteiger partial charge in [0.05, 0.1) is 0 Å². The minimum Gasteiger partial charge on any atom is -0.295 e. The molecular weight excluding hydrogens is 83.0 g/mol. The second kappa shape index (κ2) is 2.57. The Hall–Kier alpha value is -0.660. The molecule has 0 aromatic carbocycles. The van der Waals surface area contributed by atoms with Crippen LogP contribution >= 0.6 is 0 Å². The van der Waals surface area contributed by atoms with Crippen LogP contribution in [0.3, 0.4) is 0 Å². The zero-order chi connectivity index (χ0) is 4.99. The van der Waals surface area contributed by atoms with Gasteiger partial charge in [0.15, 0.2) is 12.1 Å². The summed E-state index contributed by atoms with van der Waals surface area (Å²) >= 11 is 0. The number of carbonyl (C=O) groups excluding carboxylic acids is 1. The zero-order valence-electron chi connectivity index (χ0n) is 3.44. The topological polar surface area (TPSA) is 17.1 Å². The fourth-order valence-corrected chi connectivity index (χ4v) is 0.0680. The smallest absolute Gasteiger partial charge is 0.178 e. The molecular formula is C4H5FO. The monoisotopic (exact) mass is 88.0 g/mol. The normalized spacial score (nSPS) is 11.3. The average molecular weight is 88.1 g/mol. The second-order valence-corrected chi connectivity index (χ2v) is 0.791. The SMILES string of the molecule is CC=C(F)C=O. The molecule has 1 nitrogen and oxygen atoms in total. The largest absolute Gasteiger partial charge is 0.295 e. The van der Waals surface area contributed by atoms with Crippen LogP contribution in [0.4, 0.5) is 4.39 Å². The fraction of sp³-hybridized carbons (Fsp3) is 0.250. The highest BCUT2D eigenvalue weighted by Gasteiger charge is 1.79. The molecule has 0 aliphatic rings. The Balaban J connectivity index is 3.50. The Morgan fingerprint density at radius 2 is 2.33 bits per heavy atom. The summed E-state index contributed by atoms with van der Waals surface area (Å²) in [5, 5.41) is 0. The molecule has 2 heteroatoms. The summed E-state index contributed by atoms with van der Waals surface area (Å²) in [6.07, 6.45) is 1.27. The lowest BCUT2D eigenvalue weighted by Gasteiger charge is -1.68. The summed E-state index contributed by atoms with van der Waals surface area (Å²) in [7, 11) is 0. The van der Waals surface area contributed by atoms with Gasteiger partial charge in [0.1, 0.15) is 0 Å². The van der Waals surface area contributed by atoms with Crippen molar-refractivity contribution in [1.29, 1.82) is 0 Å². The molecule has 0 aliphatic carbocycles. The van der Waals surface area contributed by atoms with Gasteiger partial charge in [-0.15, -0.1) is 0 Å². The molecule has 0 atom stereocenters. The Morgan fingerprint density at radius 1 is 1.83 bits per heavy atom. The van der Waals surface area contributed by atoms with Crippen LogP contribution in [0.15, 0.2) is 11.9 Å². The summed E-state index contributed by atoms with van der Waals surface area (Å²) in [6, 6.07) is 0. The van der Waals surface area contributed by atoms with Gasteiger partial charge in [-0.3, -0.25) is 4.79 Å². The van der Waals surface area contributed by atoms with Crippen molar-refractivity contribution < 1.29 is 9.18 Å². The third-order valence-electron chi connectivity index (χ3n) is 0.388. The predicted octanol–water partition coefficient (Wildman–Crippen LogP) is 1.06. The first-order chi connectivity index (χ1) is 2.81. The van der Waals surface area contributed by atoms with Crippen LogP contribution in [0, 0.1) is 0 Å². The molecule has 0 saturated carbocycles. The lowest BCUT2D eigenvalue weighted by molar-refractivity contribution is -0.106. The van der Waals surface area contributed by atoms with Gasteiger partial charge in [-0.1, -0.05) is 0 Å². The molecule has 0 amide bonds. The molecule has 0 unspecified atom stereocenters. The van der Waals surface area contributed by atoms with Gasteiger partial charge in [-0.2, -0.15) is 0 Å². The molecule has 0 rings (SSSR count). The minimum absolute atomic E-state index is 0.167. The van der Waals surface area contributed by atoms with Gasteiger partial charge < -0.3 is 0 Å². The van der Waals surface area contributed by atoms with E-state index in [4.69, 9.17) is 0 Å². The Bertz CT molecular complexity index is 75.6. The average Bonchev–Trinajstić information content (AvgIpc) is 1.65. The van der Waals surface area contributed by atoms with Crippen molar-refractivity contribution >= 4 is 6.29 Å². The van der Waals surface area contributed by atoms with Crippen molar-refractivity contribution in [1.82, 2.24) is 0 Å². The van der Waals surface area contributed by atoms with Crippen LogP contribution in [0.2, 0.25) is 0 Å². The molecule has 6 heavy (non-hydrogen) atoms. The van der Waals surface area contributed by atoms with E-state index in [0.29, 0.717) is 0 Å². The number of carbonyl (C=O) groups is 1. The molecule has 0 aromatic rings. The van der Waals surface area contributed by atoms with Crippen molar-refractivity contribution in [2.24, 2.45) is 0 Å². The van der Waals surface area contributed by atoms with Crippen LogP contribution in [-0.2, 0) is 4.79 Å². The van der Waals surface area contributed by atoms with E-state index in [-0.39, 0.29) is 6.29 Å². The van der Waals surface area contributed by atoms with Crippen LogP contribution in [0.1, 0.15) is 6.92 Å². The fourth-order valence-electron chi connectivity index (χ4n) is 0.0680. The standard InChI is InChI=1S/C4H5FO/c1-2-4(5)3-6/h2-3H,1H3. The molecule has 0 N–H and O–H groups in total. The highest BCUT2D eigenvalue weighted by molar-refractivity contribution is 5.69. The lowest BCUT2D eigenvalue weighted by atomic mass is 10.5. The van der Waals surface area contributed by atoms with Gasteiger partial charge in [0.2, 0.25) is 0 Å². The van der Waals surface area contributed by atoms with Gasteiger partial charge >= 0.3 is 0 Å². The molecule has 0 aliphatic heterocycles. The highest BCUT2D eigenvalue weighted by atomic mass is 19.1. The van der Waals surface area contributed by atoms with E-state index in [1.165, 1.54) is 6.92 Å². The highest BCUT2D eigenvalue weighted by Crippen LogP contribution is 1.85. The summed E-state index contributed by atoms with van der Waals surface area (Å²) in [5.41, 5.74) is 0. The van der Waals surface area contributed by atoms with Crippen molar-refractivity contribution in [3.63, 3.8) is 0 Å². The van der Waals surface area contributed by atoms with Crippen LogP contribution in [0.5, 0.6) is 0 Å². The first-order valence-electron chi connectivity index (χ1n) is 1.58. The van der Waals surface area contributed by atoms with Gasteiger partial charge in [0, 0.05) is 0 Å². The maximum atomic E-state index is 11.4. The first-order valence-corrected chi connectivity index (χ1v) is 1.58. The van der Waals surface area contributed by atoms with E-state index in [2.05, 4.69) is 0 Å². The summed E-state index contributed by atoms with van der Waals surface area (Å²) in [4.78, 5) is 9.29. The molecule has 0 saturated heterocycles. The van der Waals surface area contributed by atoms with Gasteiger partial charge in [-0.05, 0) is 13.0 Å². The molecule has 0 bridgehead atoms. The van der Waals surface area contributed by atoms with Crippen LogP contribution in [0.25, 0.3) is 0 Å². The van der Waals surface area contributed by atoms with Gasteiger partial charge in [-0.25, -0.2) is 4.39 Å². The summed E-state index contributed by atoms with van der Waals surface area (Å²) < 4.78 is 11.4. The van der Waals surface area contributed by atoms with Crippen LogP contribution in [-0.4, -0.2) is 6.29 Å². The maximum absolute atomic E-state index is 11.4. The third-order valence-corrected chi connectivity index (χ3v) is 0.388. The Labute approximate surface area is 35.5 Å². The molecule has 0 aromatic heterocycles. The molecule has 0 heterocycles. The number of hydrogen-bond donors (Lipinski definition) is 0. The van der Waals surface area contributed by atoms with E-state index in [1.54, 1.807) is 0 Å². The molecule has 34 valence electrons. The quantitative estimate of drug-likeness (QED) is 0.346. The number of aldehydes is 1. The van der Waals surface area contributed by atoms with Crippen molar-refractivity contribution in [2.45, 2.75) is 6.92 Å². The number of allylic oxidation sites excluding steroid dienone is 2. The summed E-state index contributed by atoms with van der Waals surface area (Å²) in [5.74, 6) is -0.713. The van der Waals surface area contributed by atoms with Crippen molar-refractivity contribution in [3.05, 3.63) is 11.9 Å². The van der Waals surface area contributed by atoms with E-state index >= 15 is 0 Å². The zero-order valence-corrected chi connectivity index (χ0v) is 3.44. The first kappa shape index (κ1) is 5.34. The Kier molecular flexibility index (Phi) is 2.29.